The van der Waals surface area contributed by atoms with Gasteiger partial charge in [-0.1, -0.05) is 19.7 Å². The monoisotopic (exact) mass is 209 g/mol. The van der Waals surface area contributed by atoms with Crippen molar-refractivity contribution in [3.63, 3.8) is 0 Å². The number of hydrogen-bond acceptors (Lipinski definition) is 1. The second-order valence-corrected chi connectivity index (χ2v) is 2.25. The van der Waals surface area contributed by atoms with Crippen LogP contribution in [0, 0.1) is 0 Å². The quantitative estimate of drug-likeness (QED) is 0.649. The van der Waals surface area contributed by atoms with E-state index in [1.54, 1.807) is 0 Å². The number of halogens is 1. The predicted octanol–water partition coefficient (Wildman–Crippen LogP) is 2.97. The van der Waals surface area contributed by atoms with Crippen LogP contribution in [0.3, 0.4) is 0 Å². The van der Waals surface area contributed by atoms with Crippen LogP contribution < -0.4 is 0 Å². The van der Waals surface area contributed by atoms with Gasteiger partial charge in [-0.25, -0.2) is 4.98 Å². The van der Waals surface area contributed by atoms with Crippen LogP contribution in [0.2, 0.25) is 0 Å². The summed E-state index contributed by atoms with van der Waals surface area (Å²) >= 11 is 2.80. The largest absolute Gasteiger partial charge is 0.246 e. The number of nitrogens with zero attached hydrogens (tertiary/aromatic N) is 1. The van der Waals surface area contributed by atoms with E-state index in [0.717, 1.165) is 0 Å². The molecule has 1 nitrogen and oxygen atoms in total. The van der Waals surface area contributed by atoms with Crippen LogP contribution in [0.1, 0.15) is 39.0 Å². The first kappa shape index (κ1) is 1.86. The molecule has 0 aliphatic carbocycles. The van der Waals surface area contributed by atoms with Crippen LogP contribution in [0.15, 0.2) is 22.7 Å². The minimum Gasteiger partial charge on any atom is -0.246 e. The summed E-state index contributed by atoms with van der Waals surface area (Å²) in [6.07, 6.45) is 0. The van der Waals surface area contributed by atoms with Crippen molar-refractivity contribution in [2.24, 2.45) is 0 Å². The molecule has 10 heavy (non-hydrogen) atoms. The van der Waals surface area contributed by atoms with Crippen molar-refractivity contribution in [3.8, 4) is 0 Å². The minimum atomic E-state index is -3.28. The van der Waals surface area contributed by atoms with Crippen molar-refractivity contribution < 1.29 is 13.7 Å². The van der Waals surface area contributed by atoms with Gasteiger partial charge in [0.1, 0.15) is 4.60 Å². The third kappa shape index (κ3) is 1.81. The van der Waals surface area contributed by atoms with E-state index in [-0.39, 0.29) is 4.60 Å². The summed E-state index contributed by atoms with van der Waals surface area (Å²) in [5.74, 6) is -3.15. The molecule has 0 radical (unpaired) electrons. The van der Waals surface area contributed by atoms with Crippen LogP contribution in [0.5, 0.6) is 0 Å². The molecule has 1 aromatic heterocycles. The van der Waals surface area contributed by atoms with E-state index in [1.165, 1.54) is 0 Å². The minimum absolute atomic E-state index is 0.279. The van der Waals surface area contributed by atoms with E-state index < -0.39 is 43.4 Å². The number of pyridine rings is 1. The Kier molecular flexibility index (Phi) is 0.586. The highest BCUT2D eigenvalue weighted by atomic mass is 79.9. The van der Waals surface area contributed by atoms with Gasteiger partial charge in [-0.2, -0.15) is 0 Å². The van der Waals surface area contributed by atoms with Gasteiger partial charge in [-0.15, -0.1) is 0 Å². The molecule has 0 aromatic carbocycles. The zero-order chi connectivity index (χ0) is 16.1. The van der Waals surface area contributed by atoms with Gasteiger partial charge in [0, 0.05) is 15.3 Å². The molecule has 0 N–H and O–H groups in total. The summed E-state index contributed by atoms with van der Waals surface area (Å²) < 4.78 is 74.1. The standard InChI is InChI=1S/C8H10BrN/c1-6(2)7-4-3-5-8(9)10-7/h3-6H,1-2H3/i1D3,2D3,3D,4D,5D,6D. The Hall–Kier alpha value is -0.370. The molecule has 0 aliphatic rings. The third-order valence-electron chi connectivity index (χ3n) is 0.793. The van der Waals surface area contributed by atoms with E-state index in [4.69, 9.17) is 13.7 Å². The number of rotatable bonds is 1. The molecular formula is C8H10BrN. The maximum Gasteiger partial charge on any atom is 0.106 e. The molecule has 0 aliphatic heterocycles. The summed E-state index contributed by atoms with van der Waals surface area (Å²) in [5, 5.41) is 0. The zero-order valence-corrected chi connectivity index (χ0v) is 6.41. The first-order valence-electron chi connectivity index (χ1n) is 7.39. The fraction of sp³-hybridized carbons (Fsp3) is 0.375. The molecule has 0 saturated carbocycles. The summed E-state index contributed by atoms with van der Waals surface area (Å²) in [7, 11) is 0. The molecule has 0 atom stereocenters. The highest BCUT2D eigenvalue weighted by Gasteiger charge is 1.98. The van der Waals surface area contributed by atoms with E-state index in [9.17, 15) is 0 Å². The Balaban J connectivity index is 3.79. The molecule has 0 spiro atoms. The van der Waals surface area contributed by atoms with Gasteiger partial charge in [0.15, 0.2) is 0 Å². The van der Waals surface area contributed by atoms with Crippen molar-refractivity contribution in [1.29, 1.82) is 0 Å². The molecule has 0 fully saturated rings. The van der Waals surface area contributed by atoms with Crippen molar-refractivity contribution in [2.75, 3.05) is 0 Å². The van der Waals surface area contributed by atoms with Crippen molar-refractivity contribution in [2.45, 2.75) is 19.6 Å². The predicted molar refractivity (Wildman–Crippen MR) is 46.0 cm³/mol. The lowest BCUT2D eigenvalue weighted by Gasteiger charge is -2.02. The van der Waals surface area contributed by atoms with Crippen LogP contribution in [0.25, 0.3) is 0 Å². The highest BCUT2D eigenvalue weighted by Crippen LogP contribution is 2.13. The molecule has 0 bridgehead atoms. The fourth-order valence-electron chi connectivity index (χ4n) is 0.414. The normalized spacial score (nSPS) is 28.5. The summed E-state index contributed by atoms with van der Waals surface area (Å²) in [4.78, 5) is 3.55. The molecule has 54 valence electrons. The van der Waals surface area contributed by atoms with Gasteiger partial charge in [0.25, 0.3) is 0 Å². The topological polar surface area (TPSA) is 12.9 Å². The van der Waals surface area contributed by atoms with Crippen LogP contribution >= 0.6 is 15.9 Å². The summed E-state index contributed by atoms with van der Waals surface area (Å²) in [5.41, 5.74) is -0.870. The molecule has 1 rings (SSSR count). The maximum absolute atomic E-state index is 7.90. The molecule has 2 heteroatoms. The average Bonchev–Trinajstić information content (AvgIpc) is 2.27. The van der Waals surface area contributed by atoms with E-state index >= 15 is 0 Å². The Bertz CT molecular complexity index is 520. The lowest BCUT2D eigenvalue weighted by molar-refractivity contribution is 0.818. The van der Waals surface area contributed by atoms with E-state index in [0.29, 0.717) is 0 Å². The van der Waals surface area contributed by atoms with E-state index in [1.807, 2.05) is 0 Å². The van der Waals surface area contributed by atoms with Gasteiger partial charge in [0.05, 0.1) is 4.11 Å². The number of hydrogen-bond donors (Lipinski definition) is 0. The van der Waals surface area contributed by atoms with Crippen molar-refractivity contribution >= 4 is 15.9 Å². The lowest BCUT2D eigenvalue weighted by Crippen LogP contribution is -1.90. The Morgan fingerprint density at radius 3 is 3.30 bits per heavy atom. The highest BCUT2D eigenvalue weighted by molar-refractivity contribution is 9.10. The maximum atomic E-state index is 7.90. The number of aromatic nitrogens is 1. The van der Waals surface area contributed by atoms with Crippen LogP contribution in [-0.4, -0.2) is 4.98 Å². The van der Waals surface area contributed by atoms with Crippen LogP contribution in [-0.2, 0) is 0 Å². The van der Waals surface area contributed by atoms with Crippen LogP contribution in [0.4, 0.5) is 0 Å². The van der Waals surface area contributed by atoms with Gasteiger partial charge < -0.3 is 0 Å². The van der Waals surface area contributed by atoms with Gasteiger partial charge in [0.2, 0.25) is 0 Å². The Labute approximate surface area is 83.7 Å². The first-order valence-corrected chi connectivity index (χ1v) is 3.18. The van der Waals surface area contributed by atoms with Gasteiger partial charge in [-0.3, -0.25) is 0 Å². The van der Waals surface area contributed by atoms with Gasteiger partial charge in [-0.05, 0) is 33.9 Å². The smallest absolute Gasteiger partial charge is 0.106 e. The molecule has 1 heterocycles. The molecule has 1 aromatic rings. The second kappa shape index (κ2) is 3.15. The molecule has 0 amide bonds. The Morgan fingerprint density at radius 2 is 2.60 bits per heavy atom. The molecular weight excluding hydrogens is 190 g/mol. The summed E-state index contributed by atoms with van der Waals surface area (Å²) in [6.45, 7) is -6.56. The van der Waals surface area contributed by atoms with E-state index in [2.05, 4.69) is 20.9 Å². The van der Waals surface area contributed by atoms with Crippen molar-refractivity contribution in [3.05, 3.63) is 28.4 Å². The van der Waals surface area contributed by atoms with Crippen molar-refractivity contribution in [1.82, 2.24) is 4.98 Å². The molecule has 0 saturated heterocycles. The SMILES string of the molecule is [2H]c1c(Br)nc(C([2H])(C([2H])([2H])[2H])C([2H])([2H])[2H])c([2H])c1[2H]. The summed E-state index contributed by atoms with van der Waals surface area (Å²) in [6, 6.07) is -2.01. The first-order chi connectivity index (χ1) is 8.75. The third-order valence-corrected chi connectivity index (χ3v) is 1.17. The average molecular weight is 210 g/mol. The Morgan fingerprint density at radius 1 is 1.80 bits per heavy atom. The van der Waals surface area contributed by atoms with Gasteiger partial charge >= 0.3 is 0 Å². The fourth-order valence-corrected chi connectivity index (χ4v) is 0.691. The molecule has 0 unspecified atom stereocenters. The zero-order valence-electron chi connectivity index (χ0n) is 14.8. The second-order valence-electron chi connectivity index (χ2n) is 1.50. The lowest BCUT2D eigenvalue weighted by atomic mass is 10.1.